The molecule has 0 saturated carbocycles. The zero-order valence-corrected chi connectivity index (χ0v) is 7.90. The van der Waals surface area contributed by atoms with Crippen LogP contribution in [0.15, 0.2) is 18.3 Å². The van der Waals surface area contributed by atoms with Gasteiger partial charge in [-0.1, -0.05) is 6.07 Å². The van der Waals surface area contributed by atoms with Gasteiger partial charge < -0.3 is 16.2 Å². The Balaban J connectivity index is 2.73. The quantitative estimate of drug-likeness (QED) is 0.635. The Morgan fingerprint density at radius 3 is 2.86 bits per heavy atom. The summed E-state index contributed by atoms with van der Waals surface area (Å²) in [6.45, 7) is 1.29. The Morgan fingerprint density at radius 1 is 1.71 bits per heavy atom. The normalized spacial score (nSPS) is 12.2. The van der Waals surface area contributed by atoms with Gasteiger partial charge in [-0.2, -0.15) is 0 Å². The van der Waals surface area contributed by atoms with Crippen LogP contribution in [-0.2, 0) is 4.79 Å². The second-order valence-electron chi connectivity index (χ2n) is 2.95. The third-order valence-corrected chi connectivity index (χ3v) is 1.72. The van der Waals surface area contributed by atoms with Crippen molar-refractivity contribution in [3.63, 3.8) is 0 Å². The molecule has 0 aliphatic carbocycles. The number of amides is 1. The maximum absolute atomic E-state index is 10.7. The molecule has 14 heavy (non-hydrogen) atoms. The standard InChI is InChI=1S/C9H13N3O2/c1-6(14)12-9-3-2-7(4-11-9)8(10)5-13/h2-4,8,13H,5,10H2,1H3,(H,11,12,14)/t8-/m1/s1. The van der Waals surface area contributed by atoms with E-state index in [0.717, 1.165) is 5.56 Å². The number of rotatable bonds is 3. The molecular weight excluding hydrogens is 182 g/mol. The predicted molar refractivity (Wildman–Crippen MR) is 52.6 cm³/mol. The molecular formula is C9H13N3O2. The smallest absolute Gasteiger partial charge is 0.222 e. The molecule has 0 spiro atoms. The third-order valence-electron chi connectivity index (χ3n) is 1.72. The van der Waals surface area contributed by atoms with E-state index >= 15 is 0 Å². The molecule has 1 aromatic heterocycles. The van der Waals surface area contributed by atoms with Crippen LogP contribution < -0.4 is 11.1 Å². The van der Waals surface area contributed by atoms with Gasteiger partial charge in [-0.15, -0.1) is 0 Å². The molecule has 1 heterocycles. The number of carbonyl (C=O) groups is 1. The molecule has 0 saturated heterocycles. The van der Waals surface area contributed by atoms with Crippen molar-refractivity contribution in [2.45, 2.75) is 13.0 Å². The number of hydrogen-bond acceptors (Lipinski definition) is 4. The molecule has 0 aliphatic rings. The summed E-state index contributed by atoms with van der Waals surface area (Å²) in [5.74, 6) is 0.308. The van der Waals surface area contributed by atoms with Crippen LogP contribution in [0, 0.1) is 0 Å². The fourth-order valence-corrected chi connectivity index (χ4v) is 0.984. The highest BCUT2D eigenvalue weighted by Crippen LogP contribution is 2.10. The van der Waals surface area contributed by atoms with Crippen LogP contribution in [0.25, 0.3) is 0 Å². The first-order valence-corrected chi connectivity index (χ1v) is 4.23. The van der Waals surface area contributed by atoms with Gasteiger partial charge in [0.2, 0.25) is 5.91 Å². The van der Waals surface area contributed by atoms with E-state index in [1.54, 1.807) is 12.1 Å². The molecule has 1 atom stereocenters. The summed E-state index contributed by atoms with van der Waals surface area (Å²) in [7, 11) is 0. The van der Waals surface area contributed by atoms with Crippen LogP contribution in [0.4, 0.5) is 5.82 Å². The second-order valence-corrected chi connectivity index (χ2v) is 2.95. The van der Waals surface area contributed by atoms with Crippen molar-refractivity contribution in [3.8, 4) is 0 Å². The number of nitrogens with one attached hydrogen (secondary N) is 1. The highest BCUT2D eigenvalue weighted by Gasteiger charge is 2.04. The van der Waals surface area contributed by atoms with Gasteiger partial charge in [0.25, 0.3) is 0 Å². The lowest BCUT2D eigenvalue weighted by Crippen LogP contribution is -2.15. The molecule has 0 aromatic carbocycles. The molecule has 4 N–H and O–H groups in total. The first-order valence-electron chi connectivity index (χ1n) is 4.23. The molecule has 5 nitrogen and oxygen atoms in total. The van der Waals surface area contributed by atoms with Crippen LogP contribution in [0.1, 0.15) is 18.5 Å². The number of anilines is 1. The van der Waals surface area contributed by atoms with Gasteiger partial charge in [0, 0.05) is 13.1 Å². The van der Waals surface area contributed by atoms with E-state index in [4.69, 9.17) is 10.8 Å². The average Bonchev–Trinajstić information content (AvgIpc) is 2.17. The van der Waals surface area contributed by atoms with Gasteiger partial charge in [0.15, 0.2) is 0 Å². The fraction of sp³-hybridized carbons (Fsp3) is 0.333. The predicted octanol–water partition coefficient (Wildman–Crippen LogP) is 0.0321. The minimum atomic E-state index is -0.422. The third kappa shape index (κ3) is 2.79. The van der Waals surface area contributed by atoms with Crippen LogP contribution >= 0.6 is 0 Å². The number of nitrogens with two attached hydrogens (primary N) is 1. The van der Waals surface area contributed by atoms with E-state index in [1.165, 1.54) is 13.1 Å². The highest BCUT2D eigenvalue weighted by atomic mass is 16.3. The SMILES string of the molecule is CC(=O)Nc1ccc([C@H](N)CO)cn1. The van der Waals surface area contributed by atoms with Gasteiger partial charge in [0.1, 0.15) is 5.82 Å². The lowest BCUT2D eigenvalue weighted by Gasteiger charge is -2.08. The largest absolute Gasteiger partial charge is 0.394 e. The fourth-order valence-electron chi connectivity index (χ4n) is 0.984. The zero-order valence-electron chi connectivity index (χ0n) is 7.90. The van der Waals surface area contributed by atoms with Crippen LogP contribution in [0.3, 0.4) is 0 Å². The minimum absolute atomic E-state index is 0.124. The molecule has 0 unspecified atom stereocenters. The van der Waals surface area contributed by atoms with Gasteiger partial charge in [-0.25, -0.2) is 4.98 Å². The lowest BCUT2D eigenvalue weighted by atomic mass is 10.1. The average molecular weight is 195 g/mol. The minimum Gasteiger partial charge on any atom is -0.394 e. The van der Waals surface area contributed by atoms with E-state index in [9.17, 15) is 4.79 Å². The first-order chi connectivity index (χ1) is 6.63. The van der Waals surface area contributed by atoms with Gasteiger partial charge in [-0.05, 0) is 11.6 Å². The van der Waals surface area contributed by atoms with E-state index in [-0.39, 0.29) is 12.5 Å². The molecule has 5 heteroatoms. The van der Waals surface area contributed by atoms with Crippen molar-refractivity contribution in [1.29, 1.82) is 0 Å². The zero-order chi connectivity index (χ0) is 10.6. The van der Waals surface area contributed by atoms with Crippen LogP contribution in [0.2, 0.25) is 0 Å². The van der Waals surface area contributed by atoms with Crippen molar-refractivity contribution in [1.82, 2.24) is 4.98 Å². The number of carbonyl (C=O) groups excluding carboxylic acids is 1. The maximum Gasteiger partial charge on any atom is 0.222 e. The van der Waals surface area contributed by atoms with Crippen molar-refractivity contribution < 1.29 is 9.90 Å². The van der Waals surface area contributed by atoms with Gasteiger partial charge >= 0.3 is 0 Å². The number of aliphatic hydroxyl groups excluding tert-OH is 1. The van der Waals surface area contributed by atoms with E-state index in [0.29, 0.717) is 5.82 Å². The summed E-state index contributed by atoms with van der Waals surface area (Å²) < 4.78 is 0. The van der Waals surface area contributed by atoms with E-state index in [1.807, 2.05) is 0 Å². The molecule has 1 rings (SSSR count). The topological polar surface area (TPSA) is 88.2 Å². The van der Waals surface area contributed by atoms with Crippen LogP contribution in [0.5, 0.6) is 0 Å². The summed E-state index contributed by atoms with van der Waals surface area (Å²) >= 11 is 0. The summed E-state index contributed by atoms with van der Waals surface area (Å²) in [6.07, 6.45) is 1.53. The Bertz CT molecular complexity index is 310. The van der Waals surface area contributed by atoms with Crippen molar-refractivity contribution in [3.05, 3.63) is 23.9 Å². The number of nitrogens with zero attached hydrogens (tertiary/aromatic N) is 1. The monoisotopic (exact) mass is 195 g/mol. The molecule has 1 amide bonds. The second kappa shape index (κ2) is 4.69. The van der Waals surface area contributed by atoms with Gasteiger partial charge in [-0.3, -0.25) is 4.79 Å². The molecule has 76 valence electrons. The number of hydrogen-bond donors (Lipinski definition) is 3. The van der Waals surface area contributed by atoms with Gasteiger partial charge in [0.05, 0.1) is 12.6 Å². The summed E-state index contributed by atoms with van der Waals surface area (Å²) in [5, 5.41) is 11.3. The van der Waals surface area contributed by atoms with Crippen molar-refractivity contribution >= 4 is 11.7 Å². The lowest BCUT2D eigenvalue weighted by molar-refractivity contribution is -0.114. The number of aromatic nitrogens is 1. The Labute approximate surface area is 82.0 Å². The molecule has 0 radical (unpaired) electrons. The Hall–Kier alpha value is -1.46. The Morgan fingerprint density at radius 2 is 2.43 bits per heavy atom. The number of aliphatic hydroxyl groups is 1. The summed E-state index contributed by atoms with van der Waals surface area (Å²) in [5.41, 5.74) is 6.31. The summed E-state index contributed by atoms with van der Waals surface area (Å²) in [6, 6.07) is 2.94. The Kier molecular flexibility index (Phi) is 3.55. The van der Waals surface area contributed by atoms with E-state index in [2.05, 4.69) is 10.3 Å². The van der Waals surface area contributed by atoms with Crippen molar-refractivity contribution in [2.75, 3.05) is 11.9 Å². The first kappa shape index (κ1) is 10.6. The molecule has 0 bridgehead atoms. The number of pyridine rings is 1. The molecule has 0 fully saturated rings. The molecule has 1 aromatic rings. The van der Waals surface area contributed by atoms with Crippen molar-refractivity contribution in [2.24, 2.45) is 5.73 Å². The summed E-state index contributed by atoms with van der Waals surface area (Å²) in [4.78, 5) is 14.6. The molecule has 0 aliphatic heterocycles. The maximum atomic E-state index is 10.7. The van der Waals surface area contributed by atoms with E-state index < -0.39 is 6.04 Å². The van der Waals surface area contributed by atoms with Crippen LogP contribution in [-0.4, -0.2) is 22.6 Å². The highest BCUT2D eigenvalue weighted by molar-refractivity contribution is 5.87.